The largest absolute Gasteiger partial charge is 0.385 e. The van der Waals surface area contributed by atoms with Crippen molar-refractivity contribution in [2.24, 2.45) is 0 Å². The van der Waals surface area contributed by atoms with Gasteiger partial charge in [-0.15, -0.1) is 0 Å². The molecule has 1 amide bonds. The van der Waals surface area contributed by atoms with E-state index in [1.54, 1.807) is 25.5 Å². The minimum Gasteiger partial charge on any atom is -0.385 e. The summed E-state index contributed by atoms with van der Waals surface area (Å²) < 4.78 is 21.5. The minimum absolute atomic E-state index is 0.149. The fourth-order valence-corrected chi connectivity index (χ4v) is 3.78. The fraction of sp³-hybridized carbons (Fsp3) is 0.500. The predicted octanol–water partition coefficient (Wildman–Crippen LogP) is 5.14. The number of pyridine rings is 1. The van der Waals surface area contributed by atoms with Gasteiger partial charge in [0.2, 0.25) is 5.43 Å². The molecule has 0 saturated carbocycles. The molecule has 5 nitrogen and oxygen atoms in total. The van der Waals surface area contributed by atoms with Crippen LogP contribution in [0.15, 0.2) is 23.0 Å². The molecule has 1 aromatic heterocycles. The number of halogens is 1. The number of nitrogens with zero attached hydrogens (tertiary/aromatic N) is 1. The molecule has 1 N–H and O–H groups in total. The van der Waals surface area contributed by atoms with E-state index in [1.807, 2.05) is 18.2 Å². The summed E-state index contributed by atoms with van der Waals surface area (Å²) in [7, 11) is 1.60. The third-order valence-electron chi connectivity index (χ3n) is 5.48. The molecule has 0 radical (unpaired) electrons. The monoisotopic (exact) mass is 416 g/mol. The van der Waals surface area contributed by atoms with Gasteiger partial charge in [-0.25, -0.2) is 4.39 Å². The summed E-state index contributed by atoms with van der Waals surface area (Å²) in [4.78, 5) is 25.9. The number of carbonyl (C=O) groups excluding carboxylic acids is 1. The quantitative estimate of drug-likeness (QED) is 0.606. The van der Waals surface area contributed by atoms with Crippen molar-refractivity contribution in [3.8, 4) is 0 Å². The van der Waals surface area contributed by atoms with Crippen molar-refractivity contribution in [3.05, 3.63) is 62.3 Å². The van der Waals surface area contributed by atoms with Gasteiger partial charge in [0.05, 0.1) is 5.69 Å². The summed E-state index contributed by atoms with van der Waals surface area (Å²) in [6, 6.07) is 5.91. The highest BCUT2D eigenvalue weighted by atomic mass is 19.1. The minimum atomic E-state index is -0.885. The Kier molecular flexibility index (Phi) is 7.96. The van der Waals surface area contributed by atoms with Crippen LogP contribution in [0.4, 0.5) is 10.1 Å². The highest BCUT2D eigenvalue weighted by molar-refractivity contribution is 6.06. The lowest BCUT2D eigenvalue weighted by molar-refractivity contribution is 0.102. The molecule has 0 bridgehead atoms. The van der Waals surface area contributed by atoms with E-state index < -0.39 is 17.2 Å². The highest BCUT2D eigenvalue weighted by Gasteiger charge is 2.24. The van der Waals surface area contributed by atoms with Gasteiger partial charge < -0.3 is 14.6 Å². The fourth-order valence-electron chi connectivity index (χ4n) is 3.78. The van der Waals surface area contributed by atoms with E-state index in [1.165, 1.54) is 0 Å². The zero-order chi connectivity index (χ0) is 22.6. The van der Waals surface area contributed by atoms with Crippen LogP contribution in [0.5, 0.6) is 0 Å². The van der Waals surface area contributed by atoms with Crippen LogP contribution in [0.3, 0.4) is 0 Å². The first-order valence-corrected chi connectivity index (χ1v) is 10.4. The molecule has 1 aromatic carbocycles. The van der Waals surface area contributed by atoms with Crippen LogP contribution in [0.25, 0.3) is 0 Å². The maximum Gasteiger partial charge on any atom is 0.261 e. The number of hydrogen-bond acceptors (Lipinski definition) is 3. The van der Waals surface area contributed by atoms with E-state index in [-0.39, 0.29) is 23.1 Å². The van der Waals surface area contributed by atoms with Crippen molar-refractivity contribution < 1.29 is 13.9 Å². The summed E-state index contributed by atoms with van der Waals surface area (Å²) in [6.45, 7) is 12.4. The number of ether oxygens (including phenoxy) is 1. The van der Waals surface area contributed by atoms with Crippen LogP contribution in [0.1, 0.15) is 78.8 Å². The molecular formula is C24H33FN2O3. The lowest BCUT2D eigenvalue weighted by atomic mass is 9.92. The average molecular weight is 417 g/mol. The van der Waals surface area contributed by atoms with Crippen molar-refractivity contribution >= 4 is 11.6 Å². The maximum absolute atomic E-state index is 14.7. The van der Waals surface area contributed by atoms with E-state index >= 15 is 0 Å². The maximum atomic E-state index is 14.7. The normalized spacial score (nSPS) is 11.4. The molecule has 0 aliphatic heterocycles. The zero-order valence-electron chi connectivity index (χ0n) is 19.1. The third kappa shape index (κ3) is 4.81. The number of carbonyl (C=O) groups is 1. The molecular weight excluding hydrogens is 383 g/mol. The van der Waals surface area contributed by atoms with Crippen molar-refractivity contribution in [1.82, 2.24) is 4.57 Å². The molecule has 6 heteroatoms. The van der Waals surface area contributed by atoms with Gasteiger partial charge in [-0.3, -0.25) is 9.59 Å². The number of hydrogen-bond donors (Lipinski definition) is 1. The second-order valence-corrected chi connectivity index (χ2v) is 8.26. The smallest absolute Gasteiger partial charge is 0.261 e. The van der Waals surface area contributed by atoms with E-state index in [0.717, 1.165) is 11.1 Å². The Bertz CT molecular complexity index is 951. The molecule has 0 spiro atoms. The summed E-state index contributed by atoms with van der Waals surface area (Å²) in [5.41, 5.74) is 2.36. The average Bonchev–Trinajstić information content (AvgIpc) is 2.68. The number of amides is 1. The summed E-state index contributed by atoms with van der Waals surface area (Å²) in [5.74, 6) is -1.10. The number of methoxy groups -OCH3 is 1. The first-order chi connectivity index (χ1) is 14.1. The van der Waals surface area contributed by atoms with Gasteiger partial charge in [0.25, 0.3) is 5.91 Å². The SMILES string of the molecule is COCCCn1c(C)c(F)c(=O)c(C(=O)Nc2c(C(C)C)cccc2C(C)C)c1C. The van der Waals surface area contributed by atoms with Gasteiger partial charge in [0.1, 0.15) is 5.56 Å². The number of para-hydroxylation sites is 1. The van der Waals surface area contributed by atoms with Crippen molar-refractivity contribution in [1.29, 1.82) is 0 Å². The molecule has 0 atom stereocenters. The number of rotatable bonds is 8. The number of benzene rings is 1. The van der Waals surface area contributed by atoms with Gasteiger partial charge in [-0.05, 0) is 43.2 Å². The van der Waals surface area contributed by atoms with Gasteiger partial charge in [-0.2, -0.15) is 0 Å². The highest BCUT2D eigenvalue weighted by Crippen LogP contribution is 2.32. The standard InChI is InChI=1S/C24H33FN2O3/c1-14(2)18-10-8-11-19(15(3)4)22(18)26-24(29)20-16(5)27(12-9-13-30-7)17(6)21(25)23(20)28/h8,10-11,14-15H,9,12-13H2,1-7H3,(H,26,29). The molecule has 0 aliphatic carbocycles. The van der Waals surface area contributed by atoms with Gasteiger partial charge in [0.15, 0.2) is 5.82 Å². The van der Waals surface area contributed by atoms with Crippen molar-refractivity contribution in [2.45, 2.75) is 66.3 Å². The Morgan fingerprint density at radius 3 is 2.17 bits per heavy atom. The van der Waals surface area contributed by atoms with Crippen LogP contribution < -0.4 is 10.7 Å². The summed E-state index contributed by atoms with van der Waals surface area (Å²) in [6.07, 6.45) is 0.648. The Morgan fingerprint density at radius 1 is 1.10 bits per heavy atom. The predicted molar refractivity (Wildman–Crippen MR) is 119 cm³/mol. The first kappa shape index (κ1) is 23.8. The first-order valence-electron chi connectivity index (χ1n) is 10.4. The van der Waals surface area contributed by atoms with Crippen LogP contribution in [0.2, 0.25) is 0 Å². The van der Waals surface area contributed by atoms with Gasteiger partial charge >= 0.3 is 0 Å². The zero-order valence-corrected chi connectivity index (χ0v) is 19.1. The Morgan fingerprint density at radius 2 is 1.67 bits per heavy atom. The van der Waals surface area contributed by atoms with Gasteiger partial charge in [0, 0.05) is 31.6 Å². The lowest BCUT2D eigenvalue weighted by Gasteiger charge is -2.22. The number of anilines is 1. The number of aromatic nitrogens is 1. The van der Waals surface area contributed by atoms with Crippen LogP contribution in [-0.2, 0) is 11.3 Å². The third-order valence-corrected chi connectivity index (χ3v) is 5.48. The second kappa shape index (κ2) is 10.0. The van der Waals surface area contributed by atoms with Crippen LogP contribution >= 0.6 is 0 Å². The van der Waals surface area contributed by atoms with E-state index in [2.05, 4.69) is 33.0 Å². The molecule has 0 unspecified atom stereocenters. The molecule has 0 saturated heterocycles. The van der Waals surface area contributed by atoms with Crippen LogP contribution in [-0.4, -0.2) is 24.2 Å². The topological polar surface area (TPSA) is 60.3 Å². The molecule has 2 aromatic rings. The summed E-state index contributed by atoms with van der Waals surface area (Å²) >= 11 is 0. The molecule has 1 heterocycles. The molecule has 0 aliphatic rings. The van der Waals surface area contributed by atoms with Gasteiger partial charge in [-0.1, -0.05) is 45.9 Å². The Hall–Kier alpha value is -2.47. The second-order valence-electron chi connectivity index (χ2n) is 8.26. The summed E-state index contributed by atoms with van der Waals surface area (Å²) in [5, 5.41) is 2.94. The Balaban J connectivity index is 2.57. The van der Waals surface area contributed by atoms with Crippen LogP contribution in [0, 0.1) is 19.7 Å². The molecule has 0 fully saturated rings. The Labute approximate surface area is 178 Å². The lowest BCUT2D eigenvalue weighted by Crippen LogP contribution is -2.31. The van der Waals surface area contributed by atoms with Crippen molar-refractivity contribution in [3.63, 3.8) is 0 Å². The van der Waals surface area contributed by atoms with E-state index in [9.17, 15) is 14.0 Å². The molecule has 30 heavy (non-hydrogen) atoms. The van der Waals surface area contributed by atoms with E-state index in [4.69, 9.17) is 4.74 Å². The van der Waals surface area contributed by atoms with Crippen molar-refractivity contribution in [2.75, 3.05) is 19.0 Å². The number of nitrogens with one attached hydrogen (secondary N) is 1. The molecule has 2 rings (SSSR count). The van der Waals surface area contributed by atoms with E-state index in [0.29, 0.717) is 31.0 Å². The molecule has 164 valence electrons.